The number of benzene rings is 2. The molecule has 0 fully saturated rings. The fraction of sp³-hybridized carbons (Fsp3) is 0.263. The summed E-state index contributed by atoms with van der Waals surface area (Å²) >= 11 is 0. The Morgan fingerprint density at radius 3 is 2.52 bits per heavy atom. The highest BCUT2D eigenvalue weighted by Crippen LogP contribution is 2.23. The predicted octanol–water partition coefficient (Wildman–Crippen LogP) is 3.68. The zero-order valence-electron chi connectivity index (χ0n) is 13.8. The Labute approximate surface area is 136 Å². The SMILES string of the molecule is COc1cc(C)c(CCc2cn(-c3ccccc3)nn2)cc1C. The topological polar surface area (TPSA) is 39.9 Å². The average Bonchev–Trinajstić information content (AvgIpc) is 3.05. The fourth-order valence-corrected chi connectivity index (χ4v) is 2.72. The molecule has 0 aliphatic heterocycles. The smallest absolute Gasteiger partial charge is 0.122 e. The highest BCUT2D eigenvalue weighted by Gasteiger charge is 2.07. The maximum Gasteiger partial charge on any atom is 0.122 e. The number of rotatable bonds is 5. The van der Waals surface area contributed by atoms with E-state index in [2.05, 4.69) is 36.3 Å². The van der Waals surface area contributed by atoms with Crippen molar-refractivity contribution in [3.8, 4) is 11.4 Å². The summed E-state index contributed by atoms with van der Waals surface area (Å²) in [4.78, 5) is 0. The van der Waals surface area contributed by atoms with E-state index in [0.29, 0.717) is 0 Å². The molecule has 4 heteroatoms. The number of methoxy groups -OCH3 is 1. The molecule has 1 heterocycles. The van der Waals surface area contributed by atoms with Crippen molar-refractivity contribution in [1.29, 1.82) is 0 Å². The highest BCUT2D eigenvalue weighted by atomic mass is 16.5. The number of hydrogen-bond acceptors (Lipinski definition) is 3. The van der Waals surface area contributed by atoms with Crippen LogP contribution in [0.5, 0.6) is 5.75 Å². The van der Waals surface area contributed by atoms with E-state index in [1.165, 1.54) is 16.7 Å². The lowest BCUT2D eigenvalue weighted by Gasteiger charge is -2.10. The molecule has 23 heavy (non-hydrogen) atoms. The molecule has 4 nitrogen and oxygen atoms in total. The van der Waals surface area contributed by atoms with E-state index >= 15 is 0 Å². The minimum Gasteiger partial charge on any atom is -0.496 e. The van der Waals surface area contributed by atoms with Crippen molar-refractivity contribution < 1.29 is 4.74 Å². The van der Waals surface area contributed by atoms with Gasteiger partial charge in [-0.3, -0.25) is 0 Å². The summed E-state index contributed by atoms with van der Waals surface area (Å²) in [6, 6.07) is 14.3. The number of aryl methyl sites for hydroxylation is 4. The molecule has 0 aliphatic rings. The third kappa shape index (κ3) is 3.42. The van der Waals surface area contributed by atoms with Gasteiger partial charge in [0.1, 0.15) is 5.75 Å². The maximum atomic E-state index is 5.37. The monoisotopic (exact) mass is 307 g/mol. The van der Waals surface area contributed by atoms with Gasteiger partial charge < -0.3 is 4.74 Å². The molecule has 0 radical (unpaired) electrons. The third-order valence-electron chi connectivity index (χ3n) is 4.07. The highest BCUT2D eigenvalue weighted by molar-refractivity contribution is 5.41. The number of aromatic nitrogens is 3. The first-order valence-corrected chi connectivity index (χ1v) is 7.78. The van der Waals surface area contributed by atoms with Gasteiger partial charge in [0.15, 0.2) is 0 Å². The Hall–Kier alpha value is -2.62. The summed E-state index contributed by atoms with van der Waals surface area (Å²) in [6.45, 7) is 4.20. The number of nitrogens with zero attached hydrogens (tertiary/aromatic N) is 3. The molecule has 118 valence electrons. The van der Waals surface area contributed by atoms with Gasteiger partial charge in [0.05, 0.1) is 24.7 Å². The summed E-state index contributed by atoms with van der Waals surface area (Å²) in [5.41, 5.74) is 5.78. The Bertz CT molecular complexity index is 794. The lowest BCUT2D eigenvalue weighted by atomic mass is 10.00. The van der Waals surface area contributed by atoms with Gasteiger partial charge >= 0.3 is 0 Å². The minimum atomic E-state index is 0.874. The Morgan fingerprint density at radius 1 is 1.00 bits per heavy atom. The van der Waals surface area contributed by atoms with Gasteiger partial charge in [-0.2, -0.15) is 0 Å². The molecule has 1 aromatic heterocycles. The van der Waals surface area contributed by atoms with Gasteiger partial charge in [-0.1, -0.05) is 29.5 Å². The molecule has 0 spiro atoms. The largest absolute Gasteiger partial charge is 0.496 e. The number of para-hydroxylation sites is 1. The van der Waals surface area contributed by atoms with Crippen molar-refractivity contribution in [3.05, 3.63) is 71.0 Å². The molecule has 0 saturated carbocycles. The van der Waals surface area contributed by atoms with E-state index < -0.39 is 0 Å². The van der Waals surface area contributed by atoms with Crippen LogP contribution in [0, 0.1) is 13.8 Å². The molecular weight excluding hydrogens is 286 g/mol. The van der Waals surface area contributed by atoms with Crippen LogP contribution in [0.2, 0.25) is 0 Å². The van der Waals surface area contributed by atoms with E-state index in [1.807, 2.05) is 41.2 Å². The Balaban J connectivity index is 1.72. The second-order valence-corrected chi connectivity index (χ2v) is 5.74. The first-order valence-electron chi connectivity index (χ1n) is 7.78. The van der Waals surface area contributed by atoms with Gasteiger partial charge in [-0.05, 0) is 61.6 Å². The van der Waals surface area contributed by atoms with Crippen LogP contribution < -0.4 is 4.74 Å². The van der Waals surface area contributed by atoms with E-state index in [-0.39, 0.29) is 0 Å². The van der Waals surface area contributed by atoms with Crippen LogP contribution in [0.25, 0.3) is 5.69 Å². The van der Waals surface area contributed by atoms with Gasteiger partial charge in [0.2, 0.25) is 0 Å². The zero-order valence-corrected chi connectivity index (χ0v) is 13.8. The average molecular weight is 307 g/mol. The predicted molar refractivity (Wildman–Crippen MR) is 91.2 cm³/mol. The van der Waals surface area contributed by atoms with E-state index in [9.17, 15) is 0 Å². The van der Waals surface area contributed by atoms with Crippen LogP contribution in [0.4, 0.5) is 0 Å². The second-order valence-electron chi connectivity index (χ2n) is 5.74. The minimum absolute atomic E-state index is 0.874. The van der Waals surface area contributed by atoms with Crippen molar-refractivity contribution in [1.82, 2.24) is 15.0 Å². The lowest BCUT2D eigenvalue weighted by Crippen LogP contribution is -1.97. The fourth-order valence-electron chi connectivity index (χ4n) is 2.72. The zero-order chi connectivity index (χ0) is 16.2. The number of hydrogen-bond donors (Lipinski definition) is 0. The first-order chi connectivity index (χ1) is 11.2. The Kier molecular flexibility index (Phi) is 4.42. The molecule has 2 aromatic carbocycles. The normalized spacial score (nSPS) is 10.7. The molecule has 0 saturated heterocycles. The molecule has 3 rings (SSSR count). The van der Waals surface area contributed by atoms with E-state index in [1.54, 1.807) is 7.11 Å². The molecule has 0 N–H and O–H groups in total. The van der Waals surface area contributed by atoms with Crippen molar-refractivity contribution in [2.45, 2.75) is 26.7 Å². The van der Waals surface area contributed by atoms with Gasteiger partial charge in [0.25, 0.3) is 0 Å². The summed E-state index contributed by atoms with van der Waals surface area (Å²) in [5, 5.41) is 8.49. The van der Waals surface area contributed by atoms with Crippen LogP contribution in [0.1, 0.15) is 22.4 Å². The van der Waals surface area contributed by atoms with E-state index in [0.717, 1.165) is 30.0 Å². The number of ether oxygens (including phenoxy) is 1. The summed E-state index contributed by atoms with van der Waals surface area (Å²) < 4.78 is 7.19. The van der Waals surface area contributed by atoms with Gasteiger partial charge in [-0.25, -0.2) is 4.68 Å². The summed E-state index contributed by atoms with van der Waals surface area (Å²) in [7, 11) is 1.71. The standard InChI is InChI=1S/C19H21N3O/c1-14-12-19(23-3)15(2)11-16(14)9-10-17-13-22(21-20-17)18-7-5-4-6-8-18/h4-8,11-13H,9-10H2,1-3H3. The quantitative estimate of drug-likeness (QED) is 0.722. The lowest BCUT2D eigenvalue weighted by molar-refractivity contribution is 0.411. The molecule has 0 amide bonds. The van der Waals surface area contributed by atoms with Crippen LogP contribution in [0.3, 0.4) is 0 Å². The van der Waals surface area contributed by atoms with Crippen molar-refractivity contribution in [3.63, 3.8) is 0 Å². The molecule has 0 aliphatic carbocycles. The van der Waals surface area contributed by atoms with E-state index in [4.69, 9.17) is 4.74 Å². The van der Waals surface area contributed by atoms with Gasteiger partial charge in [-0.15, -0.1) is 5.10 Å². The van der Waals surface area contributed by atoms with Crippen LogP contribution in [-0.4, -0.2) is 22.1 Å². The van der Waals surface area contributed by atoms with Crippen molar-refractivity contribution in [2.24, 2.45) is 0 Å². The van der Waals surface area contributed by atoms with Crippen LogP contribution >= 0.6 is 0 Å². The molecular formula is C19H21N3O. The van der Waals surface area contributed by atoms with Crippen molar-refractivity contribution >= 4 is 0 Å². The maximum absolute atomic E-state index is 5.37. The third-order valence-corrected chi connectivity index (χ3v) is 4.07. The summed E-state index contributed by atoms with van der Waals surface area (Å²) in [6.07, 6.45) is 3.82. The molecule has 0 unspecified atom stereocenters. The van der Waals surface area contributed by atoms with Crippen LogP contribution in [0.15, 0.2) is 48.7 Å². The van der Waals surface area contributed by atoms with Crippen LogP contribution in [-0.2, 0) is 12.8 Å². The molecule has 0 atom stereocenters. The van der Waals surface area contributed by atoms with Crippen molar-refractivity contribution in [2.75, 3.05) is 7.11 Å². The van der Waals surface area contributed by atoms with Gasteiger partial charge in [0, 0.05) is 0 Å². The molecule has 0 bridgehead atoms. The molecule has 3 aromatic rings. The summed E-state index contributed by atoms with van der Waals surface area (Å²) in [5.74, 6) is 0.946. The Morgan fingerprint density at radius 2 is 1.78 bits per heavy atom. The second kappa shape index (κ2) is 6.65. The first kappa shape index (κ1) is 15.3.